The molecule has 5 nitrogen and oxygen atoms in total. The van der Waals surface area contributed by atoms with Crippen molar-refractivity contribution in [3.63, 3.8) is 0 Å². The van der Waals surface area contributed by atoms with Crippen molar-refractivity contribution in [3.05, 3.63) is 89.8 Å². The summed E-state index contributed by atoms with van der Waals surface area (Å²) in [5.41, 5.74) is 1.98. The standard InChI is InChI=1S/C19H18FN3O2/c20-17-3-1-2-16(10-17)18(24)11-22-19(25)15-6-4-14(5-7-15)12-23-9-8-21-13-23/h1-10,13,18,24H,11-12H2,(H,22,25). The zero-order chi connectivity index (χ0) is 17.6. The molecule has 0 radical (unpaired) electrons. The Hall–Kier alpha value is -2.99. The van der Waals surface area contributed by atoms with Gasteiger partial charge in [0.1, 0.15) is 5.82 Å². The molecule has 3 aromatic rings. The molecule has 0 aliphatic heterocycles. The first-order valence-electron chi connectivity index (χ1n) is 7.88. The molecule has 6 heteroatoms. The molecule has 0 fully saturated rings. The largest absolute Gasteiger partial charge is 0.387 e. The molecule has 0 saturated carbocycles. The van der Waals surface area contributed by atoms with Gasteiger partial charge in [-0.3, -0.25) is 4.79 Å². The Morgan fingerprint density at radius 3 is 2.72 bits per heavy atom. The van der Waals surface area contributed by atoms with Crippen LogP contribution in [0, 0.1) is 5.82 Å². The van der Waals surface area contributed by atoms with Crippen molar-refractivity contribution in [1.29, 1.82) is 0 Å². The lowest BCUT2D eigenvalue weighted by molar-refractivity contribution is 0.0916. The average molecular weight is 339 g/mol. The van der Waals surface area contributed by atoms with Crippen LogP contribution in [0.5, 0.6) is 0 Å². The lowest BCUT2D eigenvalue weighted by Gasteiger charge is -2.12. The topological polar surface area (TPSA) is 67.2 Å². The number of aromatic nitrogens is 2. The Bertz CT molecular complexity index is 832. The summed E-state index contributed by atoms with van der Waals surface area (Å²) in [4.78, 5) is 16.2. The monoisotopic (exact) mass is 339 g/mol. The summed E-state index contributed by atoms with van der Waals surface area (Å²) < 4.78 is 15.1. The summed E-state index contributed by atoms with van der Waals surface area (Å²) in [6.07, 6.45) is 4.36. The third-order valence-corrected chi connectivity index (χ3v) is 3.83. The Morgan fingerprint density at radius 1 is 1.24 bits per heavy atom. The maximum Gasteiger partial charge on any atom is 0.251 e. The fraction of sp³-hybridized carbons (Fsp3) is 0.158. The van der Waals surface area contributed by atoms with Crippen LogP contribution in [-0.4, -0.2) is 27.1 Å². The summed E-state index contributed by atoms with van der Waals surface area (Å²) in [5, 5.41) is 12.7. The van der Waals surface area contributed by atoms with Gasteiger partial charge in [0.15, 0.2) is 0 Å². The molecule has 0 saturated heterocycles. The number of amides is 1. The van der Waals surface area contributed by atoms with Gasteiger partial charge in [-0.05, 0) is 35.4 Å². The second kappa shape index (κ2) is 7.72. The van der Waals surface area contributed by atoms with E-state index in [0.29, 0.717) is 17.7 Å². The van der Waals surface area contributed by atoms with Gasteiger partial charge in [-0.1, -0.05) is 24.3 Å². The number of carbonyl (C=O) groups excluding carboxylic acids is 1. The van der Waals surface area contributed by atoms with Crippen molar-refractivity contribution >= 4 is 5.91 Å². The van der Waals surface area contributed by atoms with Gasteiger partial charge in [0.05, 0.1) is 12.4 Å². The van der Waals surface area contributed by atoms with Crippen molar-refractivity contribution in [2.75, 3.05) is 6.54 Å². The van der Waals surface area contributed by atoms with Crippen molar-refractivity contribution in [3.8, 4) is 0 Å². The molecule has 2 N–H and O–H groups in total. The van der Waals surface area contributed by atoms with Gasteiger partial charge in [-0.25, -0.2) is 9.37 Å². The van der Waals surface area contributed by atoms with Gasteiger partial charge in [0, 0.05) is 31.0 Å². The van der Waals surface area contributed by atoms with Crippen molar-refractivity contribution in [2.24, 2.45) is 0 Å². The average Bonchev–Trinajstić information content (AvgIpc) is 3.13. The lowest BCUT2D eigenvalue weighted by Crippen LogP contribution is -2.28. The van der Waals surface area contributed by atoms with E-state index in [1.54, 1.807) is 30.7 Å². The minimum atomic E-state index is -0.958. The molecule has 0 spiro atoms. The van der Waals surface area contributed by atoms with Gasteiger partial charge in [-0.2, -0.15) is 0 Å². The molecule has 0 bridgehead atoms. The van der Waals surface area contributed by atoms with Crippen LogP contribution in [0.15, 0.2) is 67.3 Å². The Balaban J connectivity index is 1.56. The molecule has 1 unspecified atom stereocenters. The number of imidazole rings is 1. The zero-order valence-electron chi connectivity index (χ0n) is 13.5. The number of rotatable bonds is 6. The highest BCUT2D eigenvalue weighted by Gasteiger charge is 2.11. The number of nitrogens with one attached hydrogen (secondary N) is 1. The van der Waals surface area contributed by atoms with Crippen LogP contribution in [0.25, 0.3) is 0 Å². The molecule has 25 heavy (non-hydrogen) atoms. The fourth-order valence-electron chi connectivity index (χ4n) is 2.48. The maximum absolute atomic E-state index is 13.2. The van der Waals surface area contributed by atoms with Crippen LogP contribution in [0.4, 0.5) is 4.39 Å². The molecule has 0 aliphatic rings. The number of benzene rings is 2. The second-order valence-electron chi connectivity index (χ2n) is 5.71. The number of hydrogen-bond donors (Lipinski definition) is 2. The van der Waals surface area contributed by atoms with Gasteiger partial charge < -0.3 is 15.0 Å². The van der Waals surface area contributed by atoms with Crippen molar-refractivity contribution in [1.82, 2.24) is 14.9 Å². The molecular weight excluding hydrogens is 321 g/mol. The van der Waals surface area contributed by atoms with Gasteiger partial charge in [0.25, 0.3) is 5.91 Å². The van der Waals surface area contributed by atoms with E-state index in [2.05, 4.69) is 10.3 Å². The van der Waals surface area contributed by atoms with Crippen molar-refractivity contribution < 1.29 is 14.3 Å². The molecule has 3 rings (SSSR count). The van der Waals surface area contributed by atoms with Gasteiger partial charge in [0.2, 0.25) is 0 Å². The summed E-state index contributed by atoms with van der Waals surface area (Å²) in [7, 11) is 0. The number of nitrogens with zero attached hydrogens (tertiary/aromatic N) is 2. The number of hydrogen-bond acceptors (Lipinski definition) is 3. The molecule has 2 aromatic carbocycles. The highest BCUT2D eigenvalue weighted by atomic mass is 19.1. The van der Waals surface area contributed by atoms with Crippen LogP contribution in [0.2, 0.25) is 0 Å². The van der Waals surface area contributed by atoms with E-state index in [1.165, 1.54) is 18.2 Å². The molecule has 1 atom stereocenters. The molecular formula is C19H18FN3O2. The molecule has 1 amide bonds. The summed E-state index contributed by atoms with van der Waals surface area (Å²) in [6.45, 7) is 0.694. The van der Waals surface area contributed by atoms with Crippen LogP contribution < -0.4 is 5.32 Å². The van der Waals surface area contributed by atoms with Crippen LogP contribution >= 0.6 is 0 Å². The minimum absolute atomic E-state index is 0.0130. The summed E-state index contributed by atoms with van der Waals surface area (Å²) in [5.74, 6) is -0.707. The van der Waals surface area contributed by atoms with Gasteiger partial charge in [-0.15, -0.1) is 0 Å². The normalized spacial score (nSPS) is 11.9. The molecule has 1 heterocycles. The van der Waals surface area contributed by atoms with Crippen molar-refractivity contribution in [2.45, 2.75) is 12.6 Å². The quantitative estimate of drug-likeness (QED) is 0.725. The Kier molecular flexibility index (Phi) is 5.20. The molecule has 128 valence electrons. The van der Waals surface area contributed by atoms with Crippen LogP contribution in [-0.2, 0) is 6.54 Å². The SMILES string of the molecule is O=C(NCC(O)c1cccc(F)c1)c1ccc(Cn2ccnc2)cc1. The van der Waals surface area contributed by atoms with Crippen LogP contribution in [0.3, 0.4) is 0 Å². The predicted octanol–water partition coefficient (Wildman–Crippen LogP) is 2.53. The highest BCUT2D eigenvalue weighted by Crippen LogP contribution is 2.13. The first kappa shape index (κ1) is 16.9. The lowest BCUT2D eigenvalue weighted by atomic mass is 10.1. The smallest absolute Gasteiger partial charge is 0.251 e. The third-order valence-electron chi connectivity index (χ3n) is 3.83. The number of carbonyl (C=O) groups is 1. The number of halogens is 1. The summed E-state index contributed by atoms with van der Waals surface area (Å²) in [6, 6.07) is 12.9. The summed E-state index contributed by atoms with van der Waals surface area (Å²) >= 11 is 0. The van der Waals surface area contributed by atoms with Gasteiger partial charge >= 0.3 is 0 Å². The fourth-order valence-corrected chi connectivity index (χ4v) is 2.48. The first-order valence-corrected chi connectivity index (χ1v) is 7.88. The minimum Gasteiger partial charge on any atom is -0.387 e. The van der Waals surface area contributed by atoms with E-state index in [0.717, 1.165) is 5.56 Å². The van der Waals surface area contributed by atoms with E-state index in [4.69, 9.17) is 0 Å². The third kappa shape index (κ3) is 4.51. The van der Waals surface area contributed by atoms with E-state index < -0.39 is 11.9 Å². The van der Waals surface area contributed by atoms with E-state index in [1.807, 2.05) is 22.9 Å². The first-order chi connectivity index (χ1) is 12.1. The molecule has 0 aliphatic carbocycles. The van der Waals surface area contributed by atoms with Crippen LogP contribution in [0.1, 0.15) is 27.6 Å². The Morgan fingerprint density at radius 2 is 2.04 bits per heavy atom. The number of aliphatic hydroxyl groups excluding tert-OH is 1. The molecule has 1 aromatic heterocycles. The highest BCUT2D eigenvalue weighted by molar-refractivity contribution is 5.94. The van der Waals surface area contributed by atoms with E-state index in [9.17, 15) is 14.3 Å². The van der Waals surface area contributed by atoms with E-state index in [-0.39, 0.29) is 12.5 Å². The Labute approximate surface area is 144 Å². The zero-order valence-corrected chi connectivity index (χ0v) is 13.5. The maximum atomic E-state index is 13.2. The van der Waals surface area contributed by atoms with E-state index >= 15 is 0 Å². The second-order valence-corrected chi connectivity index (χ2v) is 5.71. The number of aliphatic hydroxyl groups is 1. The predicted molar refractivity (Wildman–Crippen MR) is 91.5 cm³/mol.